The summed E-state index contributed by atoms with van der Waals surface area (Å²) < 4.78 is 0. The van der Waals surface area contributed by atoms with Crippen LogP contribution in [0.3, 0.4) is 0 Å². The van der Waals surface area contributed by atoms with Gasteiger partial charge in [-0.2, -0.15) is 11.8 Å². The third-order valence-corrected chi connectivity index (χ3v) is 3.41. The highest BCUT2D eigenvalue weighted by Crippen LogP contribution is 2.06. The van der Waals surface area contributed by atoms with Crippen molar-refractivity contribution in [3.05, 3.63) is 0 Å². The molecule has 3 heteroatoms. The SMILES string of the molecule is CSC(C)CNC1CCNCC1. The van der Waals surface area contributed by atoms with Gasteiger partial charge in [-0.3, -0.25) is 0 Å². The predicted molar refractivity (Wildman–Crippen MR) is 56.9 cm³/mol. The highest BCUT2D eigenvalue weighted by Gasteiger charge is 2.12. The number of thioether (sulfide) groups is 1. The first-order valence-electron chi connectivity index (χ1n) is 4.80. The van der Waals surface area contributed by atoms with Crippen molar-refractivity contribution >= 4 is 11.8 Å². The van der Waals surface area contributed by atoms with E-state index in [9.17, 15) is 0 Å². The van der Waals surface area contributed by atoms with E-state index in [1.807, 2.05) is 11.8 Å². The first-order valence-corrected chi connectivity index (χ1v) is 6.08. The van der Waals surface area contributed by atoms with Crippen molar-refractivity contribution in [1.29, 1.82) is 0 Å². The van der Waals surface area contributed by atoms with Gasteiger partial charge < -0.3 is 10.6 Å². The fourth-order valence-corrected chi connectivity index (χ4v) is 1.70. The summed E-state index contributed by atoms with van der Waals surface area (Å²) in [5, 5.41) is 7.73. The molecule has 72 valence electrons. The van der Waals surface area contributed by atoms with Gasteiger partial charge in [0, 0.05) is 17.8 Å². The van der Waals surface area contributed by atoms with Crippen LogP contribution >= 0.6 is 11.8 Å². The molecule has 12 heavy (non-hydrogen) atoms. The largest absolute Gasteiger partial charge is 0.317 e. The Morgan fingerprint density at radius 1 is 1.50 bits per heavy atom. The molecule has 0 radical (unpaired) electrons. The van der Waals surface area contributed by atoms with Crippen molar-refractivity contribution < 1.29 is 0 Å². The zero-order valence-corrected chi connectivity index (χ0v) is 8.91. The maximum atomic E-state index is 3.61. The molecule has 1 fully saturated rings. The second-order valence-electron chi connectivity index (χ2n) is 3.48. The summed E-state index contributed by atoms with van der Waals surface area (Å²) in [6.45, 7) is 5.81. The van der Waals surface area contributed by atoms with Crippen molar-refractivity contribution in [3.63, 3.8) is 0 Å². The third-order valence-electron chi connectivity index (χ3n) is 2.44. The van der Waals surface area contributed by atoms with Gasteiger partial charge >= 0.3 is 0 Å². The molecule has 0 saturated carbocycles. The Kier molecular flexibility index (Phi) is 5.04. The first kappa shape index (κ1) is 10.4. The Bertz CT molecular complexity index is 113. The molecule has 1 unspecified atom stereocenters. The van der Waals surface area contributed by atoms with Crippen LogP contribution in [0.15, 0.2) is 0 Å². The van der Waals surface area contributed by atoms with Gasteiger partial charge in [0.1, 0.15) is 0 Å². The molecule has 1 aliphatic heterocycles. The molecule has 2 N–H and O–H groups in total. The second kappa shape index (κ2) is 5.84. The number of piperidine rings is 1. The van der Waals surface area contributed by atoms with Crippen molar-refractivity contribution in [2.45, 2.75) is 31.1 Å². The molecule has 0 aromatic heterocycles. The summed E-state index contributed by atoms with van der Waals surface area (Å²) in [6, 6.07) is 0.765. The predicted octanol–water partition coefficient (Wildman–Crippen LogP) is 1.08. The minimum Gasteiger partial charge on any atom is -0.317 e. The Morgan fingerprint density at radius 3 is 2.75 bits per heavy atom. The molecule has 1 rings (SSSR count). The van der Waals surface area contributed by atoms with Gasteiger partial charge in [-0.1, -0.05) is 6.92 Å². The Balaban J connectivity index is 2.05. The van der Waals surface area contributed by atoms with E-state index in [4.69, 9.17) is 0 Å². The van der Waals surface area contributed by atoms with Crippen LogP contribution in [0.1, 0.15) is 19.8 Å². The molecule has 0 aromatic carbocycles. The van der Waals surface area contributed by atoms with Gasteiger partial charge in [0.25, 0.3) is 0 Å². The highest BCUT2D eigenvalue weighted by molar-refractivity contribution is 7.99. The normalized spacial score (nSPS) is 22.5. The van der Waals surface area contributed by atoms with E-state index in [1.165, 1.54) is 25.9 Å². The zero-order valence-electron chi connectivity index (χ0n) is 8.10. The highest BCUT2D eigenvalue weighted by atomic mass is 32.2. The molecular formula is C9H20N2S. The van der Waals surface area contributed by atoms with Crippen LogP contribution in [0.5, 0.6) is 0 Å². The monoisotopic (exact) mass is 188 g/mol. The fraction of sp³-hybridized carbons (Fsp3) is 1.00. The number of hydrogen-bond donors (Lipinski definition) is 2. The maximum absolute atomic E-state index is 3.61. The van der Waals surface area contributed by atoms with Gasteiger partial charge in [0.05, 0.1) is 0 Å². The lowest BCUT2D eigenvalue weighted by atomic mass is 10.1. The number of rotatable bonds is 4. The van der Waals surface area contributed by atoms with E-state index in [1.54, 1.807) is 0 Å². The fourth-order valence-electron chi connectivity index (χ4n) is 1.44. The van der Waals surface area contributed by atoms with Crippen LogP contribution in [-0.4, -0.2) is 37.2 Å². The van der Waals surface area contributed by atoms with Crippen molar-refractivity contribution in [3.8, 4) is 0 Å². The molecule has 0 aliphatic carbocycles. The van der Waals surface area contributed by atoms with Crippen molar-refractivity contribution in [2.24, 2.45) is 0 Å². The lowest BCUT2D eigenvalue weighted by Gasteiger charge is -2.24. The van der Waals surface area contributed by atoms with E-state index in [2.05, 4.69) is 23.8 Å². The first-order chi connectivity index (χ1) is 5.83. The third kappa shape index (κ3) is 3.78. The molecule has 0 bridgehead atoms. The van der Waals surface area contributed by atoms with Crippen LogP contribution in [0.4, 0.5) is 0 Å². The van der Waals surface area contributed by atoms with Crippen LogP contribution < -0.4 is 10.6 Å². The molecule has 0 spiro atoms. The van der Waals surface area contributed by atoms with Gasteiger partial charge in [-0.25, -0.2) is 0 Å². The molecule has 1 atom stereocenters. The maximum Gasteiger partial charge on any atom is 0.0141 e. The molecular weight excluding hydrogens is 168 g/mol. The number of hydrogen-bond acceptors (Lipinski definition) is 3. The molecule has 0 amide bonds. The van der Waals surface area contributed by atoms with E-state index in [0.717, 1.165) is 17.8 Å². The molecule has 1 saturated heterocycles. The van der Waals surface area contributed by atoms with Gasteiger partial charge in [0.2, 0.25) is 0 Å². The minimum absolute atomic E-state index is 0.750. The number of nitrogens with one attached hydrogen (secondary N) is 2. The lowest BCUT2D eigenvalue weighted by Crippen LogP contribution is -2.41. The Morgan fingerprint density at radius 2 is 2.17 bits per heavy atom. The summed E-state index contributed by atoms with van der Waals surface area (Å²) >= 11 is 1.94. The van der Waals surface area contributed by atoms with Crippen LogP contribution in [-0.2, 0) is 0 Å². The summed E-state index contributed by atoms with van der Waals surface area (Å²) in [6.07, 6.45) is 4.76. The lowest BCUT2D eigenvalue weighted by molar-refractivity contribution is 0.390. The van der Waals surface area contributed by atoms with Crippen LogP contribution in [0.2, 0.25) is 0 Å². The average molecular weight is 188 g/mol. The van der Waals surface area contributed by atoms with Gasteiger partial charge in [0.15, 0.2) is 0 Å². The summed E-state index contributed by atoms with van der Waals surface area (Å²) in [5.74, 6) is 0. The Labute approximate surface area is 79.9 Å². The second-order valence-corrected chi connectivity index (χ2v) is 4.75. The summed E-state index contributed by atoms with van der Waals surface area (Å²) in [5.41, 5.74) is 0. The van der Waals surface area contributed by atoms with Crippen molar-refractivity contribution in [1.82, 2.24) is 10.6 Å². The van der Waals surface area contributed by atoms with Crippen LogP contribution in [0, 0.1) is 0 Å². The Hall–Kier alpha value is 0.270. The average Bonchev–Trinajstić information content (AvgIpc) is 2.16. The standard InChI is InChI=1S/C9H20N2S/c1-8(12-2)7-11-9-3-5-10-6-4-9/h8-11H,3-7H2,1-2H3. The van der Waals surface area contributed by atoms with E-state index >= 15 is 0 Å². The molecule has 2 nitrogen and oxygen atoms in total. The molecule has 1 aliphatic rings. The van der Waals surface area contributed by atoms with E-state index in [0.29, 0.717) is 0 Å². The minimum atomic E-state index is 0.750. The van der Waals surface area contributed by atoms with Crippen molar-refractivity contribution in [2.75, 3.05) is 25.9 Å². The van der Waals surface area contributed by atoms with E-state index < -0.39 is 0 Å². The molecule has 1 heterocycles. The van der Waals surface area contributed by atoms with Gasteiger partial charge in [-0.05, 0) is 32.2 Å². The molecule has 0 aromatic rings. The van der Waals surface area contributed by atoms with E-state index in [-0.39, 0.29) is 0 Å². The quantitative estimate of drug-likeness (QED) is 0.690. The van der Waals surface area contributed by atoms with Gasteiger partial charge in [-0.15, -0.1) is 0 Å². The summed E-state index contributed by atoms with van der Waals surface area (Å²) in [7, 11) is 0. The smallest absolute Gasteiger partial charge is 0.0141 e. The summed E-state index contributed by atoms with van der Waals surface area (Å²) in [4.78, 5) is 0. The van der Waals surface area contributed by atoms with Crippen LogP contribution in [0.25, 0.3) is 0 Å². The topological polar surface area (TPSA) is 24.1 Å². The zero-order chi connectivity index (χ0) is 8.81.